The summed E-state index contributed by atoms with van der Waals surface area (Å²) >= 11 is 0. The first-order valence-electron chi connectivity index (χ1n) is 7.63. The summed E-state index contributed by atoms with van der Waals surface area (Å²) in [6.07, 6.45) is 0.563. The number of ether oxygens (including phenoxy) is 1. The van der Waals surface area contributed by atoms with E-state index in [1.807, 2.05) is 0 Å². The zero-order chi connectivity index (χ0) is 17.3. The van der Waals surface area contributed by atoms with E-state index in [0.29, 0.717) is 23.1 Å². The van der Waals surface area contributed by atoms with Crippen LogP contribution >= 0.6 is 0 Å². The lowest BCUT2D eigenvalue weighted by Crippen LogP contribution is -2.09. The van der Waals surface area contributed by atoms with Gasteiger partial charge < -0.3 is 4.74 Å². The Hall–Kier alpha value is -2.76. The number of benzene rings is 2. The molecule has 0 radical (unpaired) electrons. The van der Waals surface area contributed by atoms with Crippen LogP contribution in [0.1, 0.15) is 29.0 Å². The van der Waals surface area contributed by atoms with Gasteiger partial charge in [-0.15, -0.1) is 0 Å². The van der Waals surface area contributed by atoms with E-state index < -0.39 is 10.9 Å². The highest BCUT2D eigenvalue weighted by molar-refractivity contribution is 5.77. The number of esters is 1. The average Bonchev–Trinajstić information content (AvgIpc) is 3.34. The normalized spacial score (nSPS) is 18.9. The molecule has 0 aromatic heterocycles. The molecular formula is C18H16FNO4. The lowest BCUT2D eigenvalue weighted by atomic mass is 10.1. The van der Waals surface area contributed by atoms with E-state index in [2.05, 4.69) is 0 Å². The van der Waals surface area contributed by atoms with E-state index >= 15 is 0 Å². The van der Waals surface area contributed by atoms with Crippen molar-refractivity contribution in [3.05, 3.63) is 75.1 Å². The zero-order valence-electron chi connectivity index (χ0n) is 13.1. The number of hydrogen-bond acceptors (Lipinski definition) is 4. The van der Waals surface area contributed by atoms with E-state index in [1.165, 1.54) is 12.1 Å². The van der Waals surface area contributed by atoms with Gasteiger partial charge in [-0.25, -0.2) is 4.39 Å². The summed E-state index contributed by atoms with van der Waals surface area (Å²) in [4.78, 5) is 22.6. The molecule has 1 aliphatic rings. The molecule has 1 aliphatic carbocycles. The number of nitro groups is 1. The smallest absolute Gasteiger partial charge is 0.309 e. The van der Waals surface area contributed by atoms with Crippen molar-refractivity contribution in [1.29, 1.82) is 0 Å². The highest BCUT2D eigenvalue weighted by Gasteiger charge is 2.46. The minimum absolute atomic E-state index is 0.000737. The molecule has 2 atom stereocenters. The average molecular weight is 329 g/mol. The maximum Gasteiger partial charge on any atom is 0.309 e. The summed E-state index contributed by atoms with van der Waals surface area (Å²) in [5, 5.41) is 10.9. The molecule has 24 heavy (non-hydrogen) atoms. The lowest BCUT2D eigenvalue weighted by Gasteiger charge is -2.08. The predicted octanol–water partition coefficient (Wildman–Crippen LogP) is 3.89. The number of nitrogens with zero attached hydrogens (tertiary/aromatic N) is 1. The van der Waals surface area contributed by atoms with Gasteiger partial charge in [-0.05, 0) is 30.5 Å². The molecule has 0 saturated heterocycles. The molecule has 0 spiro atoms. The van der Waals surface area contributed by atoms with Crippen LogP contribution in [0.4, 0.5) is 10.1 Å². The largest absolute Gasteiger partial charge is 0.461 e. The third kappa shape index (κ3) is 3.13. The summed E-state index contributed by atoms with van der Waals surface area (Å²) < 4.78 is 19.0. The highest BCUT2D eigenvalue weighted by Crippen LogP contribution is 2.49. The number of carbonyl (C=O) groups excluding carboxylic acids is 1. The van der Waals surface area contributed by atoms with Gasteiger partial charge in [-0.2, -0.15) is 0 Å². The van der Waals surface area contributed by atoms with Crippen LogP contribution in [0, 0.1) is 28.8 Å². The van der Waals surface area contributed by atoms with Gasteiger partial charge in [0.05, 0.1) is 10.8 Å². The second-order valence-corrected chi connectivity index (χ2v) is 5.90. The fraction of sp³-hybridized carbons (Fsp3) is 0.278. The second kappa shape index (κ2) is 6.39. The number of carbonyl (C=O) groups is 1. The molecule has 1 saturated carbocycles. The van der Waals surface area contributed by atoms with Crippen molar-refractivity contribution in [1.82, 2.24) is 0 Å². The van der Waals surface area contributed by atoms with Gasteiger partial charge in [0, 0.05) is 17.5 Å². The molecular weight excluding hydrogens is 313 g/mol. The van der Waals surface area contributed by atoms with Crippen LogP contribution in [-0.2, 0) is 16.1 Å². The van der Waals surface area contributed by atoms with Crippen LogP contribution in [0.3, 0.4) is 0 Å². The van der Waals surface area contributed by atoms with Crippen molar-refractivity contribution in [2.75, 3.05) is 0 Å². The van der Waals surface area contributed by atoms with Gasteiger partial charge in [-0.3, -0.25) is 14.9 Å². The Balaban J connectivity index is 1.63. The summed E-state index contributed by atoms with van der Waals surface area (Å²) in [7, 11) is 0. The van der Waals surface area contributed by atoms with E-state index in [0.717, 1.165) is 0 Å². The Morgan fingerprint density at radius 1 is 1.29 bits per heavy atom. The fourth-order valence-corrected chi connectivity index (χ4v) is 2.86. The van der Waals surface area contributed by atoms with E-state index in [4.69, 9.17) is 4.74 Å². The van der Waals surface area contributed by atoms with E-state index in [-0.39, 0.29) is 29.9 Å². The summed E-state index contributed by atoms with van der Waals surface area (Å²) in [6, 6.07) is 11.1. The third-order valence-corrected chi connectivity index (χ3v) is 4.38. The van der Waals surface area contributed by atoms with Gasteiger partial charge in [0.1, 0.15) is 12.4 Å². The van der Waals surface area contributed by atoms with Gasteiger partial charge in [0.15, 0.2) is 0 Å². The quantitative estimate of drug-likeness (QED) is 0.474. The molecule has 0 unspecified atom stereocenters. The van der Waals surface area contributed by atoms with Crippen LogP contribution in [0.15, 0.2) is 42.5 Å². The number of hydrogen-bond donors (Lipinski definition) is 0. The Kier molecular flexibility index (Phi) is 4.29. The van der Waals surface area contributed by atoms with Gasteiger partial charge >= 0.3 is 5.97 Å². The Morgan fingerprint density at radius 2 is 2.04 bits per heavy atom. The molecule has 0 bridgehead atoms. The molecule has 1 fully saturated rings. The van der Waals surface area contributed by atoms with Crippen molar-refractivity contribution in [3.63, 3.8) is 0 Å². The highest BCUT2D eigenvalue weighted by atomic mass is 19.1. The van der Waals surface area contributed by atoms with Gasteiger partial charge in [0.25, 0.3) is 5.69 Å². The Labute approximate surface area is 138 Å². The third-order valence-electron chi connectivity index (χ3n) is 4.38. The van der Waals surface area contributed by atoms with Crippen LogP contribution < -0.4 is 0 Å². The standard InChI is InChI=1S/C18H16FNO4/c1-11-12(5-4-8-17(11)20(22)23)10-24-18(21)15-9-14(15)13-6-2-3-7-16(13)19/h2-8,14-15H,9-10H2,1H3/t14-,15+/m0/s1. The number of nitro benzene ring substituents is 1. The van der Waals surface area contributed by atoms with Gasteiger partial charge in [-0.1, -0.05) is 30.3 Å². The zero-order valence-corrected chi connectivity index (χ0v) is 13.1. The summed E-state index contributed by atoms with van der Waals surface area (Å²) in [6.45, 7) is 1.60. The number of halogens is 1. The Morgan fingerprint density at radius 3 is 2.75 bits per heavy atom. The minimum Gasteiger partial charge on any atom is -0.461 e. The molecule has 2 aromatic rings. The second-order valence-electron chi connectivity index (χ2n) is 5.90. The summed E-state index contributed by atoms with van der Waals surface area (Å²) in [5.41, 5.74) is 1.61. The van der Waals surface area contributed by atoms with Crippen LogP contribution in [-0.4, -0.2) is 10.9 Å². The molecule has 0 heterocycles. The first-order chi connectivity index (χ1) is 11.5. The van der Waals surface area contributed by atoms with E-state index in [9.17, 15) is 19.3 Å². The molecule has 3 rings (SSSR count). The molecule has 0 aliphatic heterocycles. The van der Waals surface area contributed by atoms with Crippen LogP contribution in [0.5, 0.6) is 0 Å². The van der Waals surface area contributed by atoms with Crippen LogP contribution in [0.2, 0.25) is 0 Å². The van der Waals surface area contributed by atoms with Crippen molar-refractivity contribution >= 4 is 11.7 Å². The SMILES string of the molecule is Cc1c(COC(=O)[C@@H]2C[C@H]2c2ccccc2F)cccc1[N+](=O)[O-]. The molecule has 2 aromatic carbocycles. The maximum atomic E-state index is 13.7. The van der Waals surface area contributed by atoms with E-state index in [1.54, 1.807) is 37.3 Å². The predicted molar refractivity (Wildman–Crippen MR) is 84.9 cm³/mol. The van der Waals surface area contributed by atoms with Crippen LogP contribution in [0.25, 0.3) is 0 Å². The van der Waals surface area contributed by atoms with Crippen molar-refractivity contribution in [3.8, 4) is 0 Å². The fourth-order valence-electron chi connectivity index (χ4n) is 2.86. The Bertz CT molecular complexity index is 805. The molecule has 6 heteroatoms. The lowest BCUT2D eigenvalue weighted by molar-refractivity contribution is -0.385. The maximum absolute atomic E-state index is 13.7. The minimum atomic E-state index is -0.463. The first-order valence-corrected chi connectivity index (χ1v) is 7.63. The monoisotopic (exact) mass is 329 g/mol. The number of rotatable bonds is 5. The topological polar surface area (TPSA) is 69.4 Å². The first kappa shape index (κ1) is 16.1. The van der Waals surface area contributed by atoms with Crippen molar-refractivity contribution in [2.45, 2.75) is 25.9 Å². The molecule has 0 N–H and O–H groups in total. The molecule has 5 nitrogen and oxygen atoms in total. The van der Waals surface area contributed by atoms with Gasteiger partial charge in [0.2, 0.25) is 0 Å². The molecule has 0 amide bonds. The van der Waals surface area contributed by atoms with Crippen molar-refractivity contribution < 1.29 is 18.8 Å². The summed E-state index contributed by atoms with van der Waals surface area (Å²) in [5.74, 6) is -1.20. The van der Waals surface area contributed by atoms with Crippen molar-refractivity contribution in [2.24, 2.45) is 5.92 Å². The molecule has 124 valence electrons.